The predicted molar refractivity (Wildman–Crippen MR) is 77.2 cm³/mol. The number of rotatable bonds is 3. The fourth-order valence-corrected chi connectivity index (χ4v) is 2.00. The zero-order valence-corrected chi connectivity index (χ0v) is 11.9. The second-order valence-corrected chi connectivity index (χ2v) is 4.96. The maximum absolute atomic E-state index is 12.8. The van der Waals surface area contributed by atoms with E-state index in [2.05, 4.69) is 0 Å². The third-order valence-corrected chi connectivity index (χ3v) is 3.12. The first kappa shape index (κ1) is 17.8. The first-order valence-corrected chi connectivity index (χ1v) is 6.62. The molecule has 126 valence electrons. The van der Waals surface area contributed by atoms with Gasteiger partial charge in [0.05, 0.1) is 11.1 Å². The summed E-state index contributed by atoms with van der Waals surface area (Å²) in [5.74, 6) is 0. The van der Waals surface area contributed by atoms with Gasteiger partial charge in [-0.25, -0.2) is 0 Å². The molecule has 0 saturated heterocycles. The lowest BCUT2D eigenvalue weighted by molar-refractivity contribution is -0.143. The highest BCUT2D eigenvalue weighted by Gasteiger charge is 2.36. The Bertz CT molecular complexity index is 739. The van der Waals surface area contributed by atoms with Gasteiger partial charge < -0.3 is 0 Å². The molecule has 0 aromatic heterocycles. The van der Waals surface area contributed by atoms with Crippen molar-refractivity contribution in [3.63, 3.8) is 0 Å². The zero-order chi connectivity index (χ0) is 18.0. The average Bonchev–Trinajstić information content (AvgIpc) is 2.51. The summed E-state index contributed by atoms with van der Waals surface area (Å²) in [4.78, 5) is 10.7. The molecule has 0 fully saturated rings. The maximum atomic E-state index is 12.8. The molecule has 0 saturated carbocycles. The van der Waals surface area contributed by atoms with Crippen LogP contribution < -0.4 is 0 Å². The Labute approximate surface area is 133 Å². The van der Waals surface area contributed by atoms with Crippen molar-refractivity contribution < 1.29 is 31.1 Å². The largest absolute Gasteiger partial charge is 0.416 e. The van der Waals surface area contributed by atoms with E-state index in [1.807, 2.05) is 0 Å². The second-order valence-electron chi connectivity index (χ2n) is 4.96. The Morgan fingerprint density at radius 3 is 1.67 bits per heavy atom. The van der Waals surface area contributed by atoms with Crippen LogP contribution in [0.4, 0.5) is 26.3 Å². The van der Waals surface area contributed by atoms with Gasteiger partial charge in [0, 0.05) is 5.56 Å². The number of benzene rings is 2. The summed E-state index contributed by atoms with van der Waals surface area (Å²) in [6.45, 7) is 0. The third-order valence-electron chi connectivity index (χ3n) is 3.12. The topological polar surface area (TPSA) is 17.1 Å². The molecule has 0 atom stereocenters. The van der Waals surface area contributed by atoms with Crippen LogP contribution in [0.3, 0.4) is 0 Å². The smallest absolute Gasteiger partial charge is 0.298 e. The van der Waals surface area contributed by atoms with E-state index >= 15 is 0 Å². The summed E-state index contributed by atoms with van der Waals surface area (Å²) in [6, 6.07) is 7.45. The average molecular weight is 344 g/mol. The highest BCUT2D eigenvalue weighted by molar-refractivity contribution is 5.78. The van der Waals surface area contributed by atoms with Crippen molar-refractivity contribution in [3.05, 3.63) is 70.3 Å². The van der Waals surface area contributed by atoms with Crippen molar-refractivity contribution >= 4 is 18.4 Å². The van der Waals surface area contributed by atoms with Gasteiger partial charge in [-0.3, -0.25) is 4.79 Å². The summed E-state index contributed by atoms with van der Waals surface area (Å²) in [7, 11) is 0. The highest BCUT2D eigenvalue weighted by atomic mass is 19.4. The summed E-state index contributed by atoms with van der Waals surface area (Å²) in [6.07, 6.45) is -6.72. The van der Waals surface area contributed by atoms with E-state index in [0.717, 1.165) is 6.08 Å². The van der Waals surface area contributed by atoms with Crippen molar-refractivity contribution in [1.29, 1.82) is 0 Å². The third kappa shape index (κ3) is 4.47. The van der Waals surface area contributed by atoms with Crippen LogP contribution >= 0.6 is 0 Å². The number of hydrogen-bond acceptors (Lipinski definition) is 1. The molecule has 0 radical (unpaired) electrons. The SMILES string of the molecule is O=Cc1cccc(C=Cc2cc(C(F)(F)F)cc(C(F)(F)F)c2)c1. The molecule has 0 spiro atoms. The van der Waals surface area contributed by atoms with Crippen LogP contribution in [0.1, 0.15) is 32.6 Å². The lowest BCUT2D eigenvalue weighted by Crippen LogP contribution is -2.11. The molecule has 2 aromatic rings. The van der Waals surface area contributed by atoms with Crippen LogP contribution in [0.15, 0.2) is 42.5 Å². The van der Waals surface area contributed by atoms with Gasteiger partial charge in [0.15, 0.2) is 0 Å². The molecule has 0 unspecified atom stereocenters. The molecular weight excluding hydrogens is 334 g/mol. The van der Waals surface area contributed by atoms with Crippen LogP contribution in [-0.2, 0) is 12.4 Å². The fraction of sp³-hybridized carbons (Fsp3) is 0.118. The lowest BCUT2D eigenvalue weighted by atomic mass is 10.0. The summed E-state index contributed by atoms with van der Waals surface area (Å²) < 4.78 is 76.6. The Balaban J connectivity index is 2.45. The number of alkyl halides is 6. The molecule has 2 rings (SSSR count). The molecule has 0 aliphatic carbocycles. The van der Waals surface area contributed by atoms with E-state index in [-0.39, 0.29) is 11.6 Å². The molecule has 0 bridgehead atoms. The minimum absolute atomic E-state index is 0.0738. The molecule has 0 heterocycles. The van der Waals surface area contributed by atoms with E-state index in [9.17, 15) is 31.1 Å². The predicted octanol–water partition coefficient (Wildman–Crippen LogP) is 5.71. The Morgan fingerprint density at radius 2 is 1.17 bits per heavy atom. The highest BCUT2D eigenvalue weighted by Crippen LogP contribution is 2.36. The van der Waals surface area contributed by atoms with Gasteiger partial charge >= 0.3 is 12.4 Å². The van der Waals surface area contributed by atoms with Crippen molar-refractivity contribution in [2.45, 2.75) is 12.4 Å². The van der Waals surface area contributed by atoms with E-state index in [1.54, 1.807) is 12.1 Å². The van der Waals surface area contributed by atoms with Gasteiger partial charge in [0.2, 0.25) is 0 Å². The molecule has 7 heteroatoms. The van der Waals surface area contributed by atoms with Gasteiger partial charge in [-0.05, 0) is 35.4 Å². The monoisotopic (exact) mass is 344 g/mol. The van der Waals surface area contributed by atoms with Crippen molar-refractivity contribution in [3.8, 4) is 0 Å². The molecule has 24 heavy (non-hydrogen) atoms. The molecule has 0 aliphatic heterocycles. The van der Waals surface area contributed by atoms with Crippen molar-refractivity contribution in [2.24, 2.45) is 0 Å². The second kappa shape index (κ2) is 6.51. The quantitative estimate of drug-likeness (QED) is 0.396. The van der Waals surface area contributed by atoms with Crippen LogP contribution in [0.25, 0.3) is 12.2 Å². The van der Waals surface area contributed by atoms with Gasteiger partial charge in [-0.15, -0.1) is 0 Å². The fourth-order valence-electron chi connectivity index (χ4n) is 2.00. The van der Waals surface area contributed by atoms with E-state index in [4.69, 9.17) is 0 Å². The number of aldehydes is 1. The van der Waals surface area contributed by atoms with E-state index in [1.165, 1.54) is 18.2 Å². The maximum Gasteiger partial charge on any atom is 0.416 e. The van der Waals surface area contributed by atoms with Crippen LogP contribution in [0.2, 0.25) is 0 Å². The standard InChI is InChI=1S/C17H10F6O/c18-16(19,20)14-7-12(8-15(9-14)17(21,22)23)5-4-11-2-1-3-13(6-11)10-24/h1-10H. The number of carbonyl (C=O) groups is 1. The van der Waals surface area contributed by atoms with Gasteiger partial charge in [0.1, 0.15) is 6.29 Å². The summed E-state index contributed by atoms with van der Waals surface area (Å²) >= 11 is 0. The van der Waals surface area contributed by atoms with Gasteiger partial charge in [0.25, 0.3) is 0 Å². The molecule has 0 aliphatic rings. The van der Waals surface area contributed by atoms with Gasteiger partial charge in [-0.1, -0.05) is 30.4 Å². The molecule has 1 nitrogen and oxygen atoms in total. The molecular formula is C17H10F6O. The van der Waals surface area contributed by atoms with Crippen LogP contribution in [0.5, 0.6) is 0 Å². The van der Waals surface area contributed by atoms with E-state index in [0.29, 0.717) is 29.5 Å². The lowest BCUT2D eigenvalue weighted by Gasteiger charge is -2.12. The Hall–Kier alpha value is -2.57. The summed E-state index contributed by atoms with van der Waals surface area (Å²) in [5.41, 5.74) is -2.17. The minimum Gasteiger partial charge on any atom is -0.298 e. The summed E-state index contributed by atoms with van der Waals surface area (Å²) in [5, 5.41) is 0. The molecule has 2 aromatic carbocycles. The molecule has 0 amide bonds. The zero-order valence-electron chi connectivity index (χ0n) is 11.9. The number of halogens is 6. The first-order valence-electron chi connectivity index (χ1n) is 6.62. The van der Waals surface area contributed by atoms with Crippen molar-refractivity contribution in [1.82, 2.24) is 0 Å². The van der Waals surface area contributed by atoms with Crippen LogP contribution in [0, 0.1) is 0 Å². The normalized spacial score (nSPS) is 12.6. The van der Waals surface area contributed by atoms with Crippen molar-refractivity contribution in [2.75, 3.05) is 0 Å². The minimum atomic E-state index is -4.89. The van der Waals surface area contributed by atoms with E-state index < -0.39 is 23.5 Å². The first-order chi connectivity index (χ1) is 11.1. The molecule has 0 N–H and O–H groups in total. The number of hydrogen-bond donors (Lipinski definition) is 0. The van der Waals surface area contributed by atoms with Crippen LogP contribution in [-0.4, -0.2) is 6.29 Å². The van der Waals surface area contributed by atoms with Gasteiger partial charge in [-0.2, -0.15) is 26.3 Å². The Kier molecular flexibility index (Phi) is 4.82. The Morgan fingerprint density at radius 1 is 0.667 bits per heavy atom. The number of carbonyl (C=O) groups excluding carboxylic acids is 1.